The van der Waals surface area contributed by atoms with Crippen LogP contribution in [-0.4, -0.2) is 44.5 Å². The summed E-state index contributed by atoms with van der Waals surface area (Å²) in [7, 11) is 0. The van der Waals surface area contributed by atoms with Crippen molar-refractivity contribution in [3.05, 3.63) is 10.6 Å². The van der Waals surface area contributed by atoms with Gasteiger partial charge >= 0.3 is 0 Å². The van der Waals surface area contributed by atoms with E-state index in [1.165, 1.54) is 0 Å². The van der Waals surface area contributed by atoms with Crippen LogP contribution in [0.2, 0.25) is 0 Å². The second kappa shape index (κ2) is 4.31. The molecule has 6 nitrogen and oxygen atoms in total. The van der Waals surface area contributed by atoms with E-state index in [9.17, 15) is 9.59 Å². The summed E-state index contributed by atoms with van der Waals surface area (Å²) in [5, 5.41) is 7.01. The number of hydrazine groups is 1. The quantitative estimate of drug-likeness (QED) is 0.796. The lowest BCUT2D eigenvalue weighted by Crippen LogP contribution is -2.45. The Morgan fingerprint density at radius 1 is 1.28 bits per heavy atom. The van der Waals surface area contributed by atoms with Gasteiger partial charge in [-0.1, -0.05) is 4.49 Å². The summed E-state index contributed by atoms with van der Waals surface area (Å²) in [4.78, 5) is 25.0. The molecule has 1 aliphatic carbocycles. The molecule has 0 N–H and O–H groups in total. The molecule has 0 unspecified atom stereocenters. The number of carbonyl (C=O) groups is 2. The minimum atomic E-state index is -0.144. The van der Waals surface area contributed by atoms with E-state index in [1.807, 2.05) is 0 Å². The van der Waals surface area contributed by atoms with Crippen molar-refractivity contribution in [2.45, 2.75) is 26.2 Å². The lowest BCUT2D eigenvalue weighted by molar-refractivity contribution is -0.141. The first-order chi connectivity index (χ1) is 8.68. The maximum atomic E-state index is 12.3. The molecule has 2 amide bonds. The molecular formula is C11H14N4O2S. The average Bonchev–Trinajstić information content (AvgIpc) is 2.94. The highest BCUT2D eigenvalue weighted by Crippen LogP contribution is 2.33. The fourth-order valence-corrected chi connectivity index (χ4v) is 2.74. The molecule has 1 aromatic rings. The summed E-state index contributed by atoms with van der Waals surface area (Å²) in [6.45, 7) is 3.01. The van der Waals surface area contributed by atoms with Crippen molar-refractivity contribution >= 4 is 23.3 Å². The molecule has 0 radical (unpaired) electrons. The van der Waals surface area contributed by atoms with E-state index in [0.717, 1.165) is 30.8 Å². The summed E-state index contributed by atoms with van der Waals surface area (Å²) in [6.07, 6.45) is 2.76. The predicted molar refractivity (Wildman–Crippen MR) is 64.7 cm³/mol. The number of rotatable bonds is 2. The molecule has 3 rings (SSSR count). The van der Waals surface area contributed by atoms with Crippen molar-refractivity contribution < 1.29 is 9.59 Å². The Kier molecular flexibility index (Phi) is 2.77. The van der Waals surface area contributed by atoms with Gasteiger partial charge in [-0.2, -0.15) is 0 Å². The number of hydrogen-bond acceptors (Lipinski definition) is 5. The summed E-state index contributed by atoms with van der Waals surface area (Å²) < 4.78 is 3.77. The van der Waals surface area contributed by atoms with Gasteiger partial charge in [-0.15, -0.1) is 5.10 Å². The molecule has 0 atom stereocenters. The SMILES string of the molecule is Cc1nnsc1C(=O)N1CCCN1C(=O)C1CC1. The highest BCUT2D eigenvalue weighted by Gasteiger charge is 2.40. The monoisotopic (exact) mass is 266 g/mol. The molecule has 1 saturated heterocycles. The van der Waals surface area contributed by atoms with Crippen LogP contribution in [0.5, 0.6) is 0 Å². The Bertz CT molecular complexity index is 497. The Labute approximate surface area is 109 Å². The Morgan fingerprint density at radius 3 is 2.61 bits per heavy atom. The lowest BCUT2D eigenvalue weighted by Gasteiger charge is -2.27. The van der Waals surface area contributed by atoms with E-state index in [1.54, 1.807) is 16.9 Å². The minimum Gasteiger partial charge on any atom is -0.273 e. The molecule has 0 bridgehead atoms. The fourth-order valence-electron chi connectivity index (χ4n) is 2.14. The lowest BCUT2D eigenvalue weighted by atomic mass is 10.3. The number of nitrogens with zero attached hydrogens (tertiary/aromatic N) is 4. The summed E-state index contributed by atoms with van der Waals surface area (Å²) in [5.41, 5.74) is 0.635. The van der Waals surface area contributed by atoms with Gasteiger partial charge in [0.2, 0.25) is 5.91 Å². The van der Waals surface area contributed by atoms with Crippen molar-refractivity contribution in [2.75, 3.05) is 13.1 Å². The van der Waals surface area contributed by atoms with Gasteiger partial charge in [0.05, 0.1) is 5.69 Å². The van der Waals surface area contributed by atoms with E-state index in [2.05, 4.69) is 9.59 Å². The molecule has 0 spiro atoms. The molecule has 1 saturated carbocycles. The van der Waals surface area contributed by atoms with Gasteiger partial charge in [0.1, 0.15) is 4.88 Å². The molecule has 96 valence electrons. The molecule has 2 heterocycles. The molecular weight excluding hydrogens is 252 g/mol. The van der Waals surface area contributed by atoms with Crippen molar-refractivity contribution in [2.24, 2.45) is 5.92 Å². The number of aromatic nitrogens is 2. The minimum absolute atomic E-state index is 0.0935. The molecule has 2 fully saturated rings. The van der Waals surface area contributed by atoms with Gasteiger partial charge in [0.15, 0.2) is 0 Å². The predicted octanol–water partition coefficient (Wildman–Crippen LogP) is 0.846. The zero-order valence-electron chi connectivity index (χ0n) is 10.1. The van der Waals surface area contributed by atoms with Crippen LogP contribution in [0.3, 0.4) is 0 Å². The Hall–Kier alpha value is -1.50. The summed E-state index contributed by atoms with van der Waals surface area (Å²) in [6, 6.07) is 0. The first-order valence-corrected chi connectivity index (χ1v) is 6.88. The first kappa shape index (κ1) is 11.6. The number of hydrogen-bond donors (Lipinski definition) is 0. The molecule has 1 aromatic heterocycles. The van der Waals surface area contributed by atoms with Crippen LogP contribution in [0, 0.1) is 12.8 Å². The van der Waals surface area contributed by atoms with Gasteiger partial charge < -0.3 is 0 Å². The van der Waals surface area contributed by atoms with Crippen molar-refractivity contribution in [1.29, 1.82) is 0 Å². The van der Waals surface area contributed by atoms with Gasteiger partial charge in [-0.05, 0) is 37.7 Å². The first-order valence-electron chi connectivity index (χ1n) is 6.10. The number of carbonyl (C=O) groups excluding carboxylic acids is 2. The third kappa shape index (κ3) is 1.88. The van der Waals surface area contributed by atoms with Gasteiger partial charge in [-0.25, -0.2) is 5.01 Å². The van der Waals surface area contributed by atoms with Crippen LogP contribution >= 0.6 is 11.5 Å². The zero-order chi connectivity index (χ0) is 12.7. The summed E-state index contributed by atoms with van der Waals surface area (Å²) >= 11 is 1.09. The van der Waals surface area contributed by atoms with E-state index in [0.29, 0.717) is 23.7 Å². The van der Waals surface area contributed by atoms with E-state index >= 15 is 0 Å². The van der Waals surface area contributed by atoms with Crippen molar-refractivity contribution in [1.82, 2.24) is 19.6 Å². The van der Waals surface area contributed by atoms with Crippen LogP contribution in [-0.2, 0) is 4.79 Å². The fraction of sp³-hybridized carbons (Fsp3) is 0.636. The van der Waals surface area contributed by atoms with Crippen molar-refractivity contribution in [3.63, 3.8) is 0 Å². The maximum Gasteiger partial charge on any atom is 0.286 e. The van der Waals surface area contributed by atoms with Crippen LogP contribution in [0.1, 0.15) is 34.6 Å². The molecule has 0 aromatic carbocycles. The average molecular weight is 266 g/mol. The summed E-state index contributed by atoms with van der Waals surface area (Å²) in [5.74, 6) is 0.0871. The zero-order valence-corrected chi connectivity index (χ0v) is 10.9. The highest BCUT2D eigenvalue weighted by molar-refractivity contribution is 7.07. The van der Waals surface area contributed by atoms with Crippen LogP contribution in [0.25, 0.3) is 0 Å². The molecule has 2 aliphatic rings. The van der Waals surface area contributed by atoms with Crippen molar-refractivity contribution in [3.8, 4) is 0 Å². The van der Waals surface area contributed by atoms with Gasteiger partial charge in [-0.3, -0.25) is 14.6 Å². The van der Waals surface area contributed by atoms with E-state index in [-0.39, 0.29) is 17.7 Å². The second-order valence-corrected chi connectivity index (χ2v) is 5.46. The standard InChI is InChI=1S/C11H14N4O2S/c1-7-9(18-13-12-7)11(17)15-6-2-5-14(15)10(16)8-3-4-8/h8H,2-6H2,1H3. The van der Waals surface area contributed by atoms with E-state index < -0.39 is 0 Å². The number of aryl methyl sites for hydroxylation is 1. The highest BCUT2D eigenvalue weighted by atomic mass is 32.1. The maximum absolute atomic E-state index is 12.3. The smallest absolute Gasteiger partial charge is 0.273 e. The topological polar surface area (TPSA) is 66.4 Å². The Balaban J connectivity index is 1.80. The third-order valence-corrected chi connectivity index (χ3v) is 4.11. The van der Waals surface area contributed by atoms with Crippen LogP contribution in [0.4, 0.5) is 0 Å². The Morgan fingerprint density at radius 2 is 2.00 bits per heavy atom. The third-order valence-electron chi connectivity index (χ3n) is 3.29. The van der Waals surface area contributed by atoms with Crippen LogP contribution in [0.15, 0.2) is 0 Å². The second-order valence-electron chi connectivity index (χ2n) is 4.70. The molecule has 18 heavy (non-hydrogen) atoms. The van der Waals surface area contributed by atoms with Gasteiger partial charge in [0.25, 0.3) is 5.91 Å². The van der Waals surface area contributed by atoms with Crippen LogP contribution < -0.4 is 0 Å². The van der Waals surface area contributed by atoms with Gasteiger partial charge in [0, 0.05) is 19.0 Å². The number of amides is 2. The molecule has 7 heteroatoms. The van der Waals surface area contributed by atoms with E-state index in [4.69, 9.17) is 0 Å². The molecule has 1 aliphatic heterocycles. The largest absolute Gasteiger partial charge is 0.286 e. The normalized spacial score (nSPS) is 19.4.